The molecular formula is C22H29F5N2O4. The predicted molar refractivity (Wildman–Crippen MR) is 110 cm³/mol. The first-order valence-electron chi connectivity index (χ1n) is 10.7. The lowest BCUT2D eigenvalue weighted by Crippen LogP contribution is -2.46. The van der Waals surface area contributed by atoms with Gasteiger partial charge in [0.15, 0.2) is 0 Å². The second kappa shape index (κ2) is 11.7. The number of ether oxygens (including phenoxy) is 1. The number of carboxylic acids is 1. The van der Waals surface area contributed by atoms with Crippen LogP contribution >= 0.6 is 0 Å². The lowest BCUT2D eigenvalue weighted by molar-refractivity contribution is -0.192. The van der Waals surface area contributed by atoms with Gasteiger partial charge < -0.3 is 14.7 Å². The monoisotopic (exact) mass is 480 g/mol. The number of likely N-dealkylation sites (tertiary alicyclic amines) is 2. The van der Waals surface area contributed by atoms with Crippen LogP contribution in [0, 0.1) is 11.6 Å². The van der Waals surface area contributed by atoms with Gasteiger partial charge in [0.05, 0.1) is 13.0 Å². The molecule has 2 aliphatic heterocycles. The molecule has 2 fully saturated rings. The number of amides is 1. The third kappa shape index (κ3) is 7.92. The SMILES string of the molecule is COCCN1CCCC12CCCN(C(=O)Cc1cc(F)cc(F)c1)CC2.O=C(O)C(F)(F)F. The smallest absolute Gasteiger partial charge is 0.475 e. The highest BCUT2D eigenvalue weighted by Gasteiger charge is 2.41. The number of methoxy groups -OCH3 is 1. The summed E-state index contributed by atoms with van der Waals surface area (Å²) in [5.41, 5.74) is 0.576. The number of aliphatic carboxylic acids is 1. The van der Waals surface area contributed by atoms with Gasteiger partial charge in [0.1, 0.15) is 11.6 Å². The lowest BCUT2D eigenvalue weighted by atomic mass is 9.88. The van der Waals surface area contributed by atoms with Gasteiger partial charge >= 0.3 is 12.1 Å². The van der Waals surface area contributed by atoms with Crippen molar-refractivity contribution < 1.29 is 41.4 Å². The number of hydrogen-bond acceptors (Lipinski definition) is 4. The summed E-state index contributed by atoms with van der Waals surface area (Å²) < 4.78 is 63.7. The fraction of sp³-hybridized carbons (Fsp3) is 0.636. The number of rotatable bonds is 5. The molecule has 1 spiro atoms. The van der Waals surface area contributed by atoms with Crippen molar-refractivity contribution in [2.45, 2.75) is 50.2 Å². The second-order valence-corrected chi connectivity index (χ2v) is 8.30. The molecule has 6 nitrogen and oxygen atoms in total. The number of halogens is 5. The fourth-order valence-electron chi connectivity index (χ4n) is 4.54. The first-order valence-corrected chi connectivity index (χ1v) is 10.7. The maximum atomic E-state index is 13.4. The van der Waals surface area contributed by atoms with E-state index in [4.69, 9.17) is 14.6 Å². The van der Waals surface area contributed by atoms with Crippen LogP contribution in [-0.4, -0.2) is 78.4 Å². The Labute approximate surface area is 189 Å². The Morgan fingerprint density at radius 2 is 1.61 bits per heavy atom. The predicted octanol–water partition coefficient (Wildman–Crippen LogP) is 3.63. The minimum absolute atomic E-state index is 0.0477. The molecule has 1 unspecified atom stereocenters. The zero-order valence-electron chi connectivity index (χ0n) is 18.5. The Morgan fingerprint density at radius 1 is 1.03 bits per heavy atom. The number of nitrogens with zero attached hydrogens (tertiary/aromatic N) is 2. The van der Waals surface area contributed by atoms with E-state index in [0.717, 1.165) is 51.6 Å². The molecule has 2 saturated heterocycles. The molecule has 0 radical (unpaired) electrons. The van der Waals surface area contributed by atoms with Gasteiger partial charge in [-0.25, -0.2) is 13.6 Å². The van der Waals surface area contributed by atoms with Gasteiger partial charge in [0.2, 0.25) is 5.91 Å². The number of carbonyl (C=O) groups is 2. The van der Waals surface area contributed by atoms with E-state index in [-0.39, 0.29) is 17.9 Å². The number of carboxylic acid groups (broad SMARTS) is 1. The van der Waals surface area contributed by atoms with Crippen molar-refractivity contribution >= 4 is 11.9 Å². The molecule has 33 heavy (non-hydrogen) atoms. The van der Waals surface area contributed by atoms with Crippen LogP contribution in [0.15, 0.2) is 18.2 Å². The summed E-state index contributed by atoms with van der Waals surface area (Å²) in [7, 11) is 1.73. The summed E-state index contributed by atoms with van der Waals surface area (Å²) >= 11 is 0. The Bertz CT molecular complexity index is 800. The largest absolute Gasteiger partial charge is 0.490 e. The third-order valence-corrected chi connectivity index (χ3v) is 6.10. The van der Waals surface area contributed by atoms with E-state index in [1.54, 1.807) is 7.11 Å². The first-order chi connectivity index (χ1) is 15.5. The molecule has 0 bridgehead atoms. The minimum atomic E-state index is -5.08. The van der Waals surface area contributed by atoms with Crippen LogP contribution in [-0.2, 0) is 20.7 Å². The average Bonchev–Trinajstić information content (AvgIpc) is 2.96. The van der Waals surface area contributed by atoms with E-state index >= 15 is 0 Å². The molecule has 11 heteroatoms. The molecule has 1 aromatic rings. The standard InChI is InChI=1S/C20H28F2N2O2.C2HF3O2/c1-26-11-10-24-8-3-5-20(24)4-2-7-23(9-6-20)19(25)14-16-12-17(21)15-18(22)13-16;3-2(4,5)1(6)7/h12-13,15H,2-11,14H2,1H3;(H,6,7). The Morgan fingerprint density at radius 3 is 2.15 bits per heavy atom. The zero-order chi connectivity index (χ0) is 24.6. The molecule has 1 aromatic carbocycles. The molecule has 0 aromatic heterocycles. The highest BCUT2D eigenvalue weighted by molar-refractivity contribution is 5.78. The van der Waals surface area contributed by atoms with Crippen LogP contribution in [0.3, 0.4) is 0 Å². The van der Waals surface area contributed by atoms with Crippen LogP contribution in [0.5, 0.6) is 0 Å². The zero-order valence-corrected chi connectivity index (χ0v) is 18.5. The van der Waals surface area contributed by atoms with Crippen LogP contribution in [0.1, 0.15) is 37.7 Å². The molecule has 3 rings (SSSR count). The van der Waals surface area contributed by atoms with E-state index in [0.29, 0.717) is 12.1 Å². The van der Waals surface area contributed by atoms with Crippen molar-refractivity contribution in [2.24, 2.45) is 0 Å². The van der Waals surface area contributed by atoms with E-state index in [9.17, 15) is 26.7 Å². The summed E-state index contributed by atoms with van der Waals surface area (Å²) in [6, 6.07) is 3.31. The molecule has 2 aliphatic rings. The maximum Gasteiger partial charge on any atom is 0.490 e. The molecule has 186 valence electrons. The van der Waals surface area contributed by atoms with Crippen LogP contribution in [0.2, 0.25) is 0 Å². The van der Waals surface area contributed by atoms with Crippen molar-refractivity contribution in [1.29, 1.82) is 0 Å². The minimum Gasteiger partial charge on any atom is -0.475 e. The summed E-state index contributed by atoms with van der Waals surface area (Å²) in [5.74, 6) is -4.08. The number of hydrogen-bond donors (Lipinski definition) is 1. The quantitative estimate of drug-likeness (QED) is 0.652. The number of alkyl halides is 3. The summed E-state index contributed by atoms with van der Waals surface area (Å²) in [5, 5.41) is 7.12. The number of benzene rings is 1. The number of carbonyl (C=O) groups excluding carboxylic acids is 1. The Kier molecular flexibility index (Phi) is 9.59. The van der Waals surface area contributed by atoms with Crippen molar-refractivity contribution in [2.75, 3.05) is 39.9 Å². The Hall–Kier alpha value is -2.27. The van der Waals surface area contributed by atoms with Crippen molar-refractivity contribution in [3.8, 4) is 0 Å². The van der Waals surface area contributed by atoms with Gasteiger partial charge in [-0.05, 0) is 56.3 Å². The van der Waals surface area contributed by atoms with E-state index in [2.05, 4.69) is 4.90 Å². The topological polar surface area (TPSA) is 70.1 Å². The van der Waals surface area contributed by atoms with Crippen LogP contribution in [0.4, 0.5) is 22.0 Å². The summed E-state index contributed by atoms with van der Waals surface area (Å²) in [6.07, 6.45) is 0.352. The molecule has 0 saturated carbocycles. The van der Waals surface area contributed by atoms with Gasteiger partial charge in [-0.2, -0.15) is 13.2 Å². The van der Waals surface area contributed by atoms with Crippen molar-refractivity contribution in [3.05, 3.63) is 35.4 Å². The van der Waals surface area contributed by atoms with Gasteiger partial charge in [-0.1, -0.05) is 0 Å². The molecular weight excluding hydrogens is 451 g/mol. The van der Waals surface area contributed by atoms with Gasteiger partial charge in [-0.15, -0.1) is 0 Å². The Balaban J connectivity index is 0.000000479. The van der Waals surface area contributed by atoms with Gasteiger partial charge in [-0.3, -0.25) is 9.69 Å². The normalized spacial score (nSPS) is 21.5. The molecule has 1 N–H and O–H groups in total. The second-order valence-electron chi connectivity index (χ2n) is 8.30. The third-order valence-electron chi connectivity index (χ3n) is 6.10. The maximum absolute atomic E-state index is 13.4. The average molecular weight is 480 g/mol. The van der Waals surface area contributed by atoms with E-state index in [1.807, 2.05) is 4.90 Å². The van der Waals surface area contributed by atoms with Crippen LogP contribution in [0.25, 0.3) is 0 Å². The van der Waals surface area contributed by atoms with E-state index < -0.39 is 23.8 Å². The fourth-order valence-corrected chi connectivity index (χ4v) is 4.54. The highest BCUT2D eigenvalue weighted by atomic mass is 19.4. The molecule has 2 heterocycles. The highest BCUT2D eigenvalue weighted by Crippen LogP contribution is 2.38. The molecule has 1 amide bonds. The van der Waals surface area contributed by atoms with Crippen LogP contribution < -0.4 is 0 Å². The summed E-state index contributed by atoms with van der Waals surface area (Å²) in [4.78, 5) is 25.9. The van der Waals surface area contributed by atoms with E-state index in [1.165, 1.54) is 25.0 Å². The van der Waals surface area contributed by atoms with Gasteiger partial charge in [0.25, 0.3) is 0 Å². The first kappa shape index (κ1) is 27.0. The molecule has 1 atom stereocenters. The van der Waals surface area contributed by atoms with Crippen molar-refractivity contribution in [1.82, 2.24) is 9.80 Å². The van der Waals surface area contributed by atoms with Crippen molar-refractivity contribution in [3.63, 3.8) is 0 Å². The lowest BCUT2D eigenvalue weighted by Gasteiger charge is -2.38. The summed E-state index contributed by atoms with van der Waals surface area (Å²) in [6.45, 7) is 4.19. The molecule has 0 aliphatic carbocycles. The van der Waals surface area contributed by atoms with Gasteiger partial charge in [0, 0.05) is 38.3 Å².